The van der Waals surface area contributed by atoms with Crippen LogP contribution >= 0.6 is 0 Å². The smallest absolute Gasteiger partial charge is 0.241 e. The van der Waals surface area contributed by atoms with Gasteiger partial charge in [-0.25, -0.2) is 9.50 Å². The molecule has 0 atom stereocenters. The zero-order valence-corrected chi connectivity index (χ0v) is 18.0. The van der Waals surface area contributed by atoms with Crippen LogP contribution in [0.1, 0.15) is 26.7 Å². The van der Waals surface area contributed by atoms with E-state index in [1.807, 2.05) is 23.0 Å². The van der Waals surface area contributed by atoms with E-state index in [4.69, 9.17) is 5.10 Å². The van der Waals surface area contributed by atoms with Crippen molar-refractivity contribution in [1.29, 1.82) is 0 Å². The van der Waals surface area contributed by atoms with Gasteiger partial charge in [-0.2, -0.15) is 0 Å². The van der Waals surface area contributed by atoms with E-state index >= 15 is 0 Å². The lowest BCUT2D eigenvalue weighted by molar-refractivity contribution is -0.0711. The van der Waals surface area contributed by atoms with Gasteiger partial charge in [0.2, 0.25) is 5.95 Å². The maximum absolute atomic E-state index is 4.71. The van der Waals surface area contributed by atoms with E-state index in [-0.39, 0.29) is 0 Å². The summed E-state index contributed by atoms with van der Waals surface area (Å²) in [6, 6.07) is 8.72. The van der Waals surface area contributed by atoms with Crippen LogP contribution in [0.25, 0.3) is 27.7 Å². The largest absolute Gasteiger partial charge is 0.350 e. The third kappa shape index (κ3) is 3.33. The van der Waals surface area contributed by atoms with Crippen LogP contribution in [0.5, 0.6) is 0 Å². The molecule has 2 aliphatic rings. The number of hydrogen-bond donors (Lipinski definition) is 1. The Bertz CT molecular complexity index is 1250. The van der Waals surface area contributed by atoms with E-state index < -0.39 is 0 Å². The molecule has 4 aromatic rings. The summed E-state index contributed by atoms with van der Waals surface area (Å²) in [6.07, 6.45) is 9.79. The molecule has 0 bridgehead atoms. The fourth-order valence-electron chi connectivity index (χ4n) is 5.42. The minimum Gasteiger partial charge on any atom is -0.350 e. The predicted molar refractivity (Wildman–Crippen MR) is 122 cm³/mol. The molecule has 1 aliphatic heterocycles. The molecule has 158 valence electrons. The van der Waals surface area contributed by atoms with Gasteiger partial charge in [0.25, 0.3) is 0 Å². The Hall–Kier alpha value is -3.06. The predicted octanol–water partition coefficient (Wildman–Crippen LogP) is 3.87. The van der Waals surface area contributed by atoms with Gasteiger partial charge in [0.15, 0.2) is 0 Å². The number of aromatic nitrogens is 5. The van der Waals surface area contributed by atoms with Crippen molar-refractivity contribution < 1.29 is 0 Å². The molecule has 1 saturated carbocycles. The van der Waals surface area contributed by atoms with Crippen LogP contribution in [0, 0.1) is 11.3 Å². The molecule has 3 aromatic heterocycles. The summed E-state index contributed by atoms with van der Waals surface area (Å²) < 4.78 is 1.91. The first-order valence-corrected chi connectivity index (χ1v) is 11.1. The van der Waals surface area contributed by atoms with Crippen molar-refractivity contribution in [2.24, 2.45) is 11.3 Å². The monoisotopic (exact) mass is 413 g/mol. The molecule has 7 nitrogen and oxygen atoms in total. The second-order valence-corrected chi connectivity index (χ2v) is 9.71. The van der Waals surface area contributed by atoms with Gasteiger partial charge in [-0.15, -0.1) is 5.10 Å². The average molecular weight is 414 g/mol. The second kappa shape index (κ2) is 6.99. The first kappa shape index (κ1) is 18.7. The third-order valence-electron chi connectivity index (χ3n) is 6.63. The Labute approximate surface area is 181 Å². The van der Waals surface area contributed by atoms with Gasteiger partial charge in [0.05, 0.1) is 22.7 Å². The van der Waals surface area contributed by atoms with Gasteiger partial charge < -0.3 is 10.2 Å². The molecular weight excluding hydrogens is 386 g/mol. The molecule has 4 heterocycles. The van der Waals surface area contributed by atoms with Crippen LogP contribution in [-0.4, -0.2) is 55.1 Å². The van der Waals surface area contributed by atoms with E-state index in [9.17, 15) is 0 Å². The molecule has 0 amide bonds. The second-order valence-electron chi connectivity index (χ2n) is 9.71. The summed E-state index contributed by atoms with van der Waals surface area (Å²) in [5, 5.41) is 8.25. The molecule has 1 N–H and O–H groups in total. The Kier molecular flexibility index (Phi) is 4.21. The topological polar surface area (TPSA) is 71.2 Å². The number of likely N-dealkylation sites (tertiary alicyclic amines) is 1. The zero-order valence-electron chi connectivity index (χ0n) is 18.0. The molecule has 7 heteroatoms. The fourth-order valence-corrected chi connectivity index (χ4v) is 5.42. The molecule has 1 aliphatic carbocycles. The molecule has 31 heavy (non-hydrogen) atoms. The van der Waals surface area contributed by atoms with Crippen LogP contribution < -0.4 is 5.32 Å². The van der Waals surface area contributed by atoms with Crippen LogP contribution in [0.15, 0.2) is 49.1 Å². The lowest BCUT2D eigenvalue weighted by Gasteiger charge is -2.59. The molecule has 0 radical (unpaired) electrons. The van der Waals surface area contributed by atoms with Gasteiger partial charge >= 0.3 is 0 Å². The summed E-state index contributed by atoms with van der Waals surface area (Å²) in [5.74, 6) is 1.46. The Balaban J connectivity index is 1.15. The minimum atomic E-state index is 0.479. The third-order valence-corrected chi connectivity index (χ3v) is 6.63. The number of rotatable bonds is 5. The van der Waals surface area contributed by atoms with E-state index in [0.717, 1.165) is 33.6 Å². The van der Waals surface area contributed by atoms with E-state index in [0.29, 0.717) is 17.4 Å². The van der Waals surface area contributed by atoms with Crippen LogP contribution in [0.4, 0.5) is 5.95 Å². The summed E-state index contributed by atoms with van der Waals surface area (Å²) in [6.45, 7) is 8.31. The Morgan fingerprint density at radius 1 is 1.06 bits per heavy atom. The maximum atomic E-state index is 4.71. The van der Waals surface area contributed by atoms with E-state index in [1.165, 1.54) is 32.5 Å². The normalized spacial score (nSPS) is 18.5. The summed E-state index contributed by atoms with van der Waals surface area (Å²) in [5.41, 5.74) is 5.51. The SMILES string of the molecule is CC(C)CN1CC2(CC(Nc3ncc4c(-c5ccc6nccnc6c5)ccn4n3)C2)C1. The van der Waals surface area contributed by atoms with Crippen molar-refractivity contribution in [3.8, 4) is 11.1 Å². The van der Waals surface area contributed by atoms with E-state index in [2.05, 4.69) is 57.2 Å². The van der Waals surface area contributed by atoms with E-state index in [1.54, 1.807) is 12.4 Å². The molecule has 6 rings (SSSR count). The highest BCUT2D eigenvalue weighted by atomic mass is 15.3. The number of nitrogens with one attached hydrogen (secondary N) is 1. The number of anilines is 1. The van der Waals surface area contributed by atoms with Gasteiger partial charge in [0, 0.05) is 49.8 Å². The first-order valence-electron chi connectivity index (χ1n) is 11.1. The van der Waals surface area contributed by atoms with Crippen LogP contribution in [-0.2, 0) is 0 Å². The summed E-state index contributed by atoms with van der Waals surface area (Å²) >= 11 is 0. The minimum absolute atomic E-state index is 0.479. The highest BCUT2D eigenvalue weighted by Crippen LogP contribution is 2.49. The molecule has 1 aromatic carbocycles. The van der Waals surface area contributed by atoms with Crippen molar-refractivity contribution in [1.82, 2.24) is 29.5 Å². The molecular formula is C24H27N7. The van der Waals surface area contributed by atoms with Crippen LogP contribution in [0.3, 0.4) is 0 Å². The quantitative estimate of drug-likeness (QED) is 0.536. The first-order chi connectivity index (χ1) is 15.1. The highest BCUT2D eigenvalue weighted by molar-refractivity contribution is 5.86. The van der Waals surface area contributed by atoms with Gasteiger partial charge in [-0.1, -0.05) is 19.9 Å². The molecule has 2 fully saturated rings. The van der Waals surface area contributed by atoms with Gasteiger partial charge in [0.1, 0.15) is 0 Å². The van der Waals surface area contributed by atoms with Gasteiger partial charge in [-0.3, -0.25) is 9.97 Å². The zero-order chi connectivity index (χ0) is 21.0. The fraction of sp³-hybridized carbons (Fsp3) is 0.417. The standard InChI is InChI=1S/C24H27N7/c1-16(2)13-30-14-24(15-30)10-18(11-24)28-23-27-12-22-19(5-8-31(22)29-23)17-3-4-20-21(9-17)26-7-6-25-20/h3-9,12,16,18H,10-11,13-15H2,1-2H3,(H,28,29). The number of hydrogen-bond acceptors (Lipinski definition) is 6. The van der Waals surface area contributed by atoms with Gasteiger partial charge in [-0.05, 0) is 47.9 Å². The van der Waals surface area contributed by atoms with Crippen molar-refractivity contribution in [2.45, 2.75) is 32.7 Å². The average Bonchev–Trinajstić information content (AvgIpc) is 3.13. The highest BCUT2D eigenvalue weighted by Gasteiger charge is 2.52. The van der Waals surface area contributed by atoms with Crippen molar-refractivity contribution in [3.63, 3.8) is 0 Å². The van der Waals surface area contributed by atoms with Crippen molar-refractivity contribution >= 4 is 22.5 Å². The Morgan fingerprint density at radius 3 is 2.68 bits per heavy atom. The molecule has 1 spiro atoms. The summed E-state index contributed by atoms with van der Waals surface area (Å²) in [7, 11) is 0. The number of benzene rings is 1. The number of nitrogens with zero attached hydrogens (tertiary/aromatic N) is 6. The molecule has 0 unspecified atom stereocenters. The van der Waals surface area contributed by atoms with Crippen molar-refractivity contribution in [3.05, 3.63) is 49.1 Å². The van der Waals surface area contributed by atoms with Crippen molar-refractivity contribution in [2.75, 3.05) is 25.0 Å². The molecule has 1 saturated heterocycles. The summed E-state index contributed by atoms with van der Waals surface area (Å²) in [4.78, 5) is 16.0. The van der Waals surface area contributed by atoms with Crippen LogP contribution in [0.2, 0.25) is 0 Å². The number of fused-ring (bicyclic) bond motifs is 2. The Morgan fingerprint density at radius 2 is 1.87 bits per heavy atom. The lowest BCUT2D eigenvalue weighted by Crippen LogP contribution is -2.65. The lowest BCUT2D eigenvalue weighted by atomic mass is 9.60. The maximum Gasteiger partial charge on any atom is 0.241 e.